The van der Waals surface area contributed by atoms with Crippen molar-refractivity contribution in [2.24, 2.45) is 0 Å². The minimum atomic E-state index is -1.05. The molecule has 0 fully saturated rings. The van der Waals surface area contributed by atoms with Gasteiger partial charge in [0.1, 0.15) is 10.8 Å². The standard InChI is InChI=1S/C11H9NO5S/c1-6-8(17-11(15)16-6)5-18-9-7(10(13)14)3-2-4-12-9/h2-4H,5H2,1H3,(H,13,14). The van der Waals surface area contributed by atoms with Crippen LogP contribution in [-0.2, 0) is 5.75 Å². The first-order valence-corrected chi connectivity index (χ1v) is 5.97. The van der Waals surface area contributed by atoms with Crippen molar-refractivity contribution < 1.29 is 18.7 Å². The van der Waals surface area contributed by atoms with Crippen molar-refractivity contribution in [1.82, 2.24) is 4.98 Å². The fourth-order valence-corrected chi connectivity index (χ4v) is 2.29. The lowest BCUT2D eigenvalue weighted by Gasteiger charge is -2.02. The van der Waals surface area contributed by atoms with Crippen LogP contribution in [0.5, 0.6) is 0 Å². The first-order valence-electron chi connectivity index (χ1n) is 4.98. The Kier molecular flexibility index (Phi) is 3.52. The second-order valence-electron chi connectivity index (χ2n) is 3.38. The number of hydrogen-bond acceptors (Lipinski definition) is 6. The molecule has 0 radical (unpaired) electrons. The monoisotopic (exact) mass is 267 g/mol. The van der Waals surface area contributed by atoms with Gasteiger partial charge in [0.05, 0.1) is 11.3 Å². The quantitative estimate of drug-likeness (QED) is 0.846. The van der Waals surface area contributed by atoms with Gasteiger partial charge in [0.25, 0.3) is 0 Å². The maximum absolute atomic E-state index is 11.0. The topological polar surface area (TPSA) is 93.5 Å². The van der Waals surface area contributed by atoms with Crippen molar-refractivity contribution >= 4 is 17.7 Å². The number of thioether (sulfide) groups is 1. The van der Waals surface area contributed by atoms with E-state index in [1.807, 2.05) is 0 Å². The molecule has 2 aromatic rings. The molecule has 0 atom stereocenters. The van der Waals surface area contributed by atoms with Gasteiger partial charge in [0.15, 0.2) is 5.76 Å². The molecule has 2 aromatic heterocycles. The summed E-state index contributed by atoms with van der Waals surface area (Å²) < 4.78 is 9.53. The molecule has 7 heteroatoms. The van der Waals surface area contributed by atoms with Gasteiger partial charge < -0.3 is 13.9 Å². The van der Waals surface area contributed by atoms with Crippen molar-refractivity contribution in [3.8, 4) is 0 Å². The fraction of sp³-hybridized carbons (Fsp3) is 0.182. The Labute approximate surface area is 106 Å². The summed E-state index contributed by atoms with van der Waals surface area (Å²) >= 11 is 1.17. The van der Waals surface area contributed by atoms with Gasteiger partial charge >= 0.3 is 11.8 Å². The number of carboxylic acid groups (broad SMARTS) is 1. The average Bonchev–Trinajstić information content (AvgIpc) is 2.65. The summed E-state index contributed by atoms with van der Waals surface area (Å²) in [6.07, 6.45) is 1.51. The lowest BCUT2D eigenvalue weighted by molar-refractivity contribution is 0.0692. The number of rotatable bonds is 4. The molecule has 0 saturated heterocycles. The average molecular weight is 267 g/mol. The minimum absolute atomic E-state index is 0.117. The number of aryl methyl sites for hydroxylation is 1. The first kappa shape index (κ1) is 12.4. The van der Waals surface area contributed by atoms with E-state index in [2.05, 4.69) is 4.98 Å². The highest BCUT2D eigenvalue weighted by Crippen LogP contribution is 2.25. The van der Waals surface area contributed by atoms with Crippen LogP contribution in [0.25, 0.3) is 0 Å². The minimum Gasteiger partial charge on any atom is -0.478 e. The lowest BCUT2D eigenvalue weighted by atomic mass is 10.3. The molecular formula is C11H9NO5S. The Morgan fingerprint density at radius 2 is 2.28 bits per heavy atom. The van der Waals surface area contributed by atoms with Gasteiger partial charge in [-0.1, -0.05) is 11.8 Å². The van der Waals surface area contributed by atoms with E-state index >= 15 is 0 Å². The molecule has 18 heavy (non-hydrogen) atoms. The van der Waals surface area contributed by atoms with Crippen molar-refractivity contribution in [2.45, 2.75) is 17.7 Å². The molecule has 1 N–H and O–H groups in total. The summed E-state index contributed by atoms with van der Waals surface area (Å²) in [5, 5.41) is 9.35. The van der Waals surface area contributed by atoms with Crippen LogP contribution in [0.3, 0.4) is 0 Å². The summed E-state index contributed by atoms with van der Waals surface area (Å²) in [6.45, 7) is 1.61. The van der Waals surface area contributed by atoms with E-state index in [1.165, 1.54) is 24.0 Å². The molecule has 0 aliphatic heterocycles. The zero-order valence-corrected chi connectivity index (χ0v) is 10.2. The van der Waals surface area contributed by atoms with Gasteiger partial charge in [-0.25, -0.2) is 14.6 Å². The normalized spacial score (nSPS) is 10.5. The number of nitrogens with zero attached hydrogens (tertiary/aromatic N) is 1. The van der Waals surface area contributed by atoms with Crippen LogP contribution in [0.15, 0.2) is 37.0 Å². The van der Waals surface area contributed by atoms with Gasteiger partial charge in [-0.3, -0.25) is 0 Å². The lowest BCUT2D eigenvalue weighted by Crippen LogP contribution is -2.00. The molecule has 94 valence electrons. The molecule has 0 aromatic carbocycles. The van der Waals surface area contributed by atoms with Crippen LogP contribution in [0.2, 0.25) is 0 Å². The third kappa shape index (κ3) is 2.62. The summed E-state index contributed by atoms with van der Waals surface area (Å²) in [6, 6.07) is 3.02. The van der Waals surface area contributed by atoms with E-state index in [-0.39, 0.29) is 11.3 Å². The van der Waals surface area contributed by atoms with E-state index in [0.717, 1.165) is 0 Å². The molecule has 2 heterocycles. The van der Waals surface area contributed by atoms with E-state index in [9.17, 15) is 9.59 Å². The second-order valence-corrected chi connectivity index (χ2v) is 4.35. The number of pyridine rings is 1. The Bertz CT molecular complexity index is 630. The Hall–Kier alpha value is -2.02. The second kappa shape index (κ2) is 5.09. The van der Waals surface area contributed by atoms with Gasteiger partial charge in [-0.05, 0) is 19.1 Å². The predicted molar refractivity (Wildman–Crippen MR) is 62.7 cm³/mol. The zero-order valence-electron chi connectivity index (χ0n) is 9.37. The SMILES string of the molecule is Cc1oc(=O)oc1CSc1ncccc1C(=O)O. The summed E-state index contributed by atoms with van der Waals surface area (Å²) in [5.41, 5.74) is 0.117. The van der Waals surface area contributed by atoms with Crippen LogP contribution in [-0.4, -0.2) is 16.1 Å². The molecule has 2 rings (SSSR count). The Morgan fingerprint density at radius 3 is 2.89 bits per heavy atom. The van der Waals surface area contributed by atoms with Gasteiger partial charge in [-0.15, -0.1) is 0 Å². The predicted octanol–water partition coefficient (Wildman–Crippen LogP) is 1.93. The van der Waals surface area contributed by atoms with Crippen molar-refractivity contribution in [3.63, 3.8) is 0 Å². The Balaban J connectivity index is 2.18. The molecule has 6 nitrogen and oxygen atoms in total. The maximum Gasteiger partial charge on any atom is 0.519 e. The van der Waals surface area contributed by atoms with Gasteiger partial charge in [0, 0.05) is 6.20 Å². The number of aromatic carboxylic acids is 1. The number of hydrogen-bond donors (Lipinski definition) is 1. The van der Waals surface area contributed by atoms with E-state index in [4.69, 9.17) is 13.9 Å². The smallest absolute Gasteiger partial charge is 0.478 e. The van der Waals surface area contributed by atoms with Crippen molar-refractivity contribution in [2.75, 3.05) is 0 Å². The van der Waals surface area contributed by atoms with E-state index in [0.29, 0.717) is 16.5 Å². The summed E-state index contributed by atoms with van der Waals surface area (Å²) in [4.78, 5) is 25.8. The third-order valence-corrected chi connectivity index (χ3v) is 3.18. The van der Waals surface area contributed by atoms with Crippen LogP contribution >= 0.6 is 11.8 Å². The van der Waals surface area contributed by atoms with E-state index < -0.39 is 11.8 Å². The van der Waals surface area contributed by atoms with Crippen molar-refractivity contribution in [1.29, 1.82) is 0 Å². The number of aromatic nitrogens is 1. The number of carboxylic acids is 1. The highest BCUT2D eigenvalue weighted by molar-refractivity contribution is 7.98. The molecule has 0 amide bonds. The molecule has 0 spiro atoms. The molecule has 0 saturated carbocycles. The van der Waals surface area contributed by atoms with Crippen LogP contribution < -0.4 is 5.82 Å². The highest BCUT2D eigenvalue weighted by Gasteiger charge is 2.14. The molecule has 0 bridgehead atoms. The summed E-state index contributed by atoms with van der Waals surface area (Å²) in [7, 11) is 0. The van der Waals surface area contributed by atoms with Crippen molar-refractivity contribution in [3.05, 3.63) is 46.0 Å². The number of carbonyl (C=O) groups is 1. The molecule has 0 aliphatic carbocycles. The fourth-order valence-electron chi connectivity index (χ4n) is 1.31. The Morgan fingerprint density at radius 1 is 1.50 bits per heavy atom. The van der Waals surface area contributed by atoms with Crippen LogP contribution in [0.1, 0.15) is 21.9 Å². The van der Waals surface area contributed by atoms with Crippen LogP contribution in [0.4, 0.5) is 0 Å². The van der Waals surface area contributed by atoms with Crippen LogP contribution in [0, 0.1) is 6.92 Å². The zero-order chi connectivity index (χ0) is 13.1. The van der Waals surface area contributed by atoms with Gasteiger partial charge in [0.2, 0.25) is 0 Å². The molecule has 0 unspecified atom stereocenters. The molecular weight excluding hydrogens is 258 g/mol. The maximum atomic E-state index is 11.0. The van der Waals surface area contributed by atoms with Gasteiger partial charge in [-0.2, -0.15) is 0 Å². The highest BCUT2D eigenvalue weighted by atomic mass is 32.2. The molecule has 0 aliphatic rings. The van der Waals surface area contributed by atoms with E-state index in [1.54, 1.807) is 13.0 Å². The first-order chi connectivity index (χ1) is 8.58. The summed E-state index contributed by atoms with van der Waals surface area (Å²) in [5.74, 6) is -0.750. The third-order valence-electron chi connectivity index (χ3n) is 2.18. The largest absolute Gasteiger partial charge is 0.519 e.